The molecule has 0 aromatic carbocycles. The van der Waals surface area contributed by atoms with Crippen LogP contribution in [0.25, 0.3) is 0 Å². The van der Waals surface area contributed by atoms with Gasteiger partial charge in [-0.2, -0.15) is 0 Å². The van der Waals surface area contributed by atoms with Gasteiger partial charge in [-0.05, 0) is 49.1 Å². The van der Waals surface area contributed by atoms with E-state index in [2.05, 4.69) is 15.5 Å². The van der Waals surface area contributed by atoms with Crippen LogP contribution in [0, 0.1) is 12.8 Å². The van der Waals surface area contributed by atoms with E-state index in [1.807, 2.05) is 16.7 Å². The summed E-state index contributed by atoms with van der Waals surface area (Å²) in [6, 6.07) is 0.263. The number of rotatable bonds is 6. The lowest BCUT2D eigenvalue weighted by atomic mass is 9.83. The van der Waals surface area contributed by atoms with Crippen molar-refractivity contribution < 1.29 is 9.59 Å². The van der Waals surface area contributed by atoms with Gasteiger partial charge < -0.3 is 15.5 Å². The maximum Gasteiger partial charge on any atom is 0.224 e. The summed E-state index contributed by atoms with van der Waals surface area (Å²) in [5.41, 5.74) is 5.60. The first-order chi connectivity index (χ1) is 12.1. The Morgan fingerprint density at radius 1 is 1.31 bits per heavy atom. The van der Waals surface area contributed by atoms with Gasteiger partial charge in [0.2, 0.25) is 11.8 Å². The van der Waals surface area contributed by atoms with E-state index in [1.165, 1.54) is 0 Å². The van der Waals surface area contributed by atoms with Crippen molar-refractivity contribution in [3.8, 4) is 0 Å². The molecule has 0 saturated carbocycles. The van der Waals surface area contributed by atoms with Crippen LogP contribution in [-0.2, 0) is 16.1 Å². The zero-order chi connectivity index (χ0) is 17.8. The van der Waals surface area contributed by atoms with Crippen LogP contribution in [0.15, 0.2) is 0 Å². The SMILES string of the molecule is Cc1nnnn1CCC(=O)N1CC[C@@H]2[C@@H](CCC(=O)N2CCCN)C1.Cl. The van der Waals surface area contributed by atoms with Gasteiger partial charge >= 0.3 is 0 Å². The summed E-state index contributed by atoms with van der Waals surface area (Å²) >= 11 is 0. The molecule has 0 spiro atoms. The topological polar surface area (TPSA) is 110 Å². The summed E-state index contributed by atoms with van der Waals surface area (Å²) in [4.78, 5) is 28.7. The Bertz CT molecular complexity index is 623. The van der Waals surface area contributed by atoms with Gasteiger partial charge in [-0.25, -0.2) is 4.68 Å². The average molecular weight is 386 g/mol. The molecule has 3 heterocycles. The Labute approximate surface area is 159 Å². The minimum atomic E-state index is 0. The molecule has 2 fully saturated rings. The first-order valence-corrected chi connectivity index (χ1v) is 9.10. The molecule has 2 saturated heterocycles. The van der Waals surface area contributed by atoms with Gasteiger partial charge in [0, 0.05) is 38.5 Å². The van der Waals surface area contributed by atoms with Crippen molar-refractivity contribution in [2.75, 3.05) is 26.2 Å². The first kappa shape index (κ1) is 20.6. The Kier molecular flexibility index (Phi) is 7.33. The smallest absolute Gasteiger partial charge is 0.224 e. The highest BCUT2D eigenvalue weighted by Crippen LogP contribution is 2.31. The number of halogens is 1. The van der Waals surface area contributed by atoms with E-state index < -0.39 is 0 Å². The number of nitrogens with two attached hydrogens (primary N) is 1. The van der Waals surface area contributed by atoms with E-state index in [1.54, 1.807) is 4.68 Å². The minimum Gasteiger partial charge on any atom is -0.342 e. The lowest BCUT2D eigenvalue weighted by molar-refractivity contribution is -0.144. The van der Waals surface area contributed by atoms with Gasteiger partial charge in [-0.3, -0.25) is 9.59 Å². The van der Waals surface area contributed by atoms with Gasteiger partial charge in [0.05, 0.1) is 6.54 Å². The number of hydrogen-bond donors (Lipinski definition) is 1. The molecule has 0 aliphatic carbocycles. The van der Waals surface area contributed by atoms with Crippen LogP contribution in [-0.4, -0.2) is 74.0 Å². The maximum atomic E-state index is 12.5. The third-order valence-electron chi connectivity index (χ3n) is 5.35. The molecule has 0 radical (unpaired) electrons. The molecule has 2 amide bonds. The molecule has 2 atom stereocenters. The monoisotopic (exact) mass is 385 g/mol. The average Bonchev–Trinajstić information content (AvgIpc) is 3.03. The number of likely N-dealkylation sites (tertiary alicyclic amines) is 2. The molecule has 9 nitrogen and oxygen atoms in total. The number of aryl methyl sites for hydroxylation is 2. The highest BCUT2D eigenvalue weighted by molar-refractivity contribution is 5.85. The molecule has 3 rings (SSSR count). The first-order valence-electron chi connectivity index (χ1n) is 9.10. The second-order valence-electron chi connectivity index (χ2n) is 6.92. The normalized spacial score (nSPS) is 22.8. The fraction of sp³-hybridized carbons (Fsp3) is 0.812. The highest BCUT2D eigenvalue weighted by atomic mass is 35.5. The highest BCUT2D eigenvalue weighted by Gasteiger charge is 2.39. The number of amides is 2. The van der Waals surface area contributed by atoms with Crippen LogP contribution in [0.2, 0.25) is 0 Å². The van der Waals surface area contributed by atoms with Gasteiger partial charge in [-0.1, -0.05) is 0 Å². The lowest BCUT2D eigenvalue weighted by Crippen LogP contribution is -2.57. The fourth-order valence-corrected chi connectivity index (χ4v) is 3.95. The van der Waals surface area contributed by atoms with Crippen LogP contribution in [0.3, 0.4) is 0 Å². The van der Waals surface area contributed by atoms with Crippen LogP contribution in [0.1, 0.15) is 37.9 Å². The Balaban J connectivity index is 0.00000243. The molecule has 1 aromatic heterocycles. The van der Waals surface area contributed by atoms with E-state index >= 15 is 0 Å². The molecule has 1 aromatic rings. The minimum absolute atomic E-state index is 0. The van der Waals surface area contributed by atoms with Crippen LogP contribution < -0.4 is 5.73 Å². The molecule has 146 valence electrons. The largest absolute Gasteiger partial charge is 0.342 e. The predicted molar refractivity (Wildman–Crippen MR) is 97.5 cm³/mol. The van der Waals surface area contributed by atoms with E-state index in [0.717, 1.165) is 32.4 Å². The third kappa shape index (κ3) is 4.50. The molecule has 10 heteroatoms. The van der Waals surface area contributed by atoms with Crippen molar-refractivity contribution in [2.45, 2.75) is 51.6 Å². The number of carbonyl (C=O) groups is 2. The van der Waals surface area contributed by atoms with Crippen LogP contribution >= 0.6 is 12.4 Å². The number of tetrazole rings is 1. The summed E-state index contributed by atoms with van der Waals surface area (Å²) in [7, 11) is 0. The Morgan fingerprint density at radius 2 is 2.12 bits per heavy atom. The maximum absolute atomic E-state index is 12.5. The van der Waals surface area contributed by atoms with Crippen LogP contribution in [0.4, 0.5) is 0 Å². The summed E-state index contributed by atoms with van der Waals surface area (Å²) in [6.45, 7) is 5.12. The second kappa shape index (κ2) is 9.27. The zero-order valence-corrected chi connectivity index (χ0v) is 16.0. The van der Waals surface area contributed by atoms with E-state index in [0.29, 0.717) is 44.2 Å². The number of hydrogen-bond acceptors (Lipinski definition) is 6. The van der Waals surface area contributed by atoms with Crippen molar-refractivity contribution >= 4 is 24.2 Å². The summed E-state index contributed by atoms with van der Waals surface area (Å²) in [5.74, 6) is 1.47. The Hall–Kier alpha value is -1.74. The summed E-state index contributed by atoms with van der Waals surface area (Å²) < 4.78 is 1.65. The molecular weight excluding hydrogens is 358 g/mol. The molecular formula is C16H28ClN7O2. The lowest BCUT2D eigenvalue weighted by Gasteiger charge is -2.47. The number of aromatic nitrogens is 4. The van der Waals surface area contributed by atoms with Crippen molar-refractivity contribution in [2.24, 2.45) is 11.7 Å². The van der Waals surface area contributed by atoms with E-state index in [-0.39, 0.29) is 30.3 Å². The van der Waals surface area contributed by atoms with Crippen molar-refractivity contribution in [1.29, 1.82) is 0 Å². The number of fused-ring (bicyclic) bond motifs is 1. The van der Waals surface area contributed by atoms with E-state index in [4.69, 9.17) is 5.73 Å². The van der Waals surface area contributed by atoms with Gasteiger partial charge in [0.25, 0.3) is 0 Å². The Morgan fingerprint density at radius 3 is 2.81 bits per heavy atom. The van der Waals surface area contributed by atoms with Gasteiger partial charge in [0.15, 0.2) is 0 Å². The van der Waals surface area contributed by atoms with Gasteiger partial charge in [0.1, 0.15) is 5.82 Å². The fourth-order valence-electron chi connectivity index (χ4n) is 3.95. The third-order valence-corrected chi connectivity index (χ3v) is 5.35. The molecule has 2 N–H and O–H groups in total. The zero-order valence-electron chi connectivity index (χ0n) is 15.2. The molecule has 26 heavy (non-hydrogen) atoms. The standard InChI is InChI=1S/C16H27N7O2.ClH/c1-12-18-19-20-23(12)10-6-15(24)21-9-5-14-13(11-21)3-4-16(25)22(14)8-2-7-17;/h13-14H,2-11,17H2,1H3;1H/t13-,14+;/m0./s1. The number of nitrogens with zero attached hydrogens (tertiary/aromatic N) is 6. The van der Waals surface area contributed by atoms with Gasteiger partial charge in [-0.15, -0.1) is 17.5 Å². The molecule has 0 bridgehead atoms. The number of carbonyl (C=O) groups excluding carboxylic acids is 2. The van der Waals surface area contributed by atoms with Crippen molar-refractivity contribution in [1.82, 2.24) is 30.0 Å². The number of piperidine rings is 2. The predicted octanol–water partition coefficient (Wildman–Crippen LogP) is -0.0183. The van der Waals surface area contributed by atoms with Crippen molar-refractivity contribution in [3.05, 3.63) is 5.82 Å². The van der Waals surface area contributed by atoms with E-state index in [9.17, 15) is 9.59 Å². The van der Waals surface area contributed by atoms with Crippen LogP contribution in [0.5, 0.6) is 0 Å². The summed E-state index contributed by atoms with van der Waals surface area (Å²) in [6.07, 6.45) is 3.55. The molecule has 0 unspecified atom stereocenters. The van der Waals surface area contributed by atoms with Crippen molar-refractivity contribution in [3.63, 3.8) is 0 Å². The molecule has 2 aliphatic heterocycles. The molecule has 2 aliphatic rings. The second-order valence-corrected chi connectivity index (χ2v) is 6.92. The quantitative estimate of drug-likeness (QED) is 0.736. The summed E-state index contributed by atoms with van der Waals surface area (Å²) in [5, 5.41) is 11.3.